The Morgan fingerprint density at radius 3 is 2.68 bits per heavy atom. The zero-order valence-electron chi connectivity index (χ0n) is 12.7. The number of benzene rings is 2. The highest BCUT2D eigenvalue weighted by atomic mass is 16.2. The van der Waals surface area contributed by atoms with Crippen LogP contribution in [-0.4, -0.2) is 25.5 Å². The monoisotopic (exact) mass is 292 g/mol. The van der Waals surface area contributed by atoms with Crippen molar-refractivity contribution in [2.45, 2.75) is 19.3 Å². The van der Waals surface area contributed by atoms with E-state index < -0.39 is 0 Å². The lowest BCUT2D eigenvalue weighted by molar-refractivity contribution is -0.118. The minimum absolute atomic E-state index is 0.199. The molecule has 0 N–H and O–H groups in total. The molecule has 0 saturated carbocycles. The Labute approximate surface area is 131 Å². The minimum atomic E-state index is 0.199. The van der Waals surface area contributed by atoms with Crippen LogP contribution >= 0.6 is 0 Å². The summed E-state index contributed by atoms with van der Waals surface area (Å²) in [6, 6.07) is 16.4. The predicted octanol–water partition coefficient (Wildman–Crippen LogP) is 3.03. The fraction of sp³-hybridized carbons (Fsp3) is 0.316. The summed E-state index contributed by atoms with van der Waals surface area (Å²) in [6.07, 6.45) is 2.82. The van der Waals surface area contributed by atoms with E-state index in [1.54, 1.807) is 0 Å². The summed E-state index contributed by atoms with van der Waals surface area (Å²) in [5.41, 5.74) is 4.87. The van der Waals surface area contributed by atoms with Crippen molar-refractivity contribution in [2.75, 3.05) is 29.4 Å². The molecule has 0 aromatic heterocycles. The third kappa shape index (κ3) is 2.27. The fourth-order valence-corrected chi connectivity index (χ4v) is 3.62. The van der Waals surface area contributed by atoms with E-state index in [0.717, 1.165) is 37.3 Å². The van der Waals surface area contributed by atoms with Crippen LogP contribution in [0.3, 0.4) is 0 Å². The van der Waals surface area contributed by atoms with E-state index in [4.69, 9.17) is 0 Å². The maximum atomic E-state index is 12.8. The molecule has 0 radical (unpaired) electrons. The van der Waals surface area contributed by atoms with E-state index in [9.17, 15) is 4.79 Å². The van der Waals surface area contributed by atoms with Gasteiger partial charge in [0.15, 0.2) is 0 Å². The van der Waals surface area contributed by atoms with Gasteiger partial charge in [0, 0.05) is 19.6 Å². The molecule has 0 bridgehead atoms. The lowest BCUT2D eigenvalue weighted by atomic mass is 9.97. The first kappa shape index (κ1) is 13.4. The molecule has 0 atom stereocenters. The number of amides is 1. The van der Waals surface area contributed by atoms with Gasteiger partial charge in [0.1, 0.15) is 0 Å². The van der Waals surface area contributed by atoms with Crippen molar-refractivity contribution in [3.63, 3.8) is 0 Å². The Hall–Kier alpha value is -2.29. The molecule has 2 aromatic carbocycles. The van der Waals surface area contributed by atoms with Crippen LogP contribution in [0.5, 0.6) is 0 Å². The third-order valence-electron chi connectivity index (χ3n) is 4.67. The Morgan fingerprint density at radius 1 is 0.955 bits per heavy atom. The van der Waals surface area contributed by atoms with E-state index in [1.807, 2.05) is 35.2 Å². The maximum Gasteiger partial charge on any atom is 0.231 e. The van der Waals surface area contributed by atoms with Crippen molar-refractivity contribution < 1.29 is 4.79 Å². The molecule has 0 spiro atoms. The number of rotatable bonds is 2. The van der Waals surface area contributed by atoms with Gasteiger partial charge in [-0.1, -0.05) is 42.5 Å². The highest BCUT2D eigenvalue weighted by Crippen LogP contribution is 2.39. The number of hydrogen-bond donors (Lipinski definition) is 0. The molecular formula is C19H20N2O. The number of anilines is 2. The molecule has 22 heavy (non-hydrogen) atoms. The summed E-state index contributed by atoms with van der Waals surface area (Å²) in [5.74, 6) is 0.199. The van der Waals surface area contributed by atoms with Gasteiger partial charge in [0.2, 0.25) is 5.91 Å². The molecule has 2 heterocycles. The van der Waals surface area contributed by atoms with Crippen LogP contribution in [0, 0.1) is 0 Å². The number of nitrogens with zero attached hydrogens (tertiary/aromatic N) is 2. The molecular weight excluding hydrogens is 272 g/mol. The second-order valence-electron chi connectivity index (χ2n) is 6.08. The van der Waals surface area contributed by atoms with Crippen molar-refractivity contribution in [1.29, 1.82) is 0 Å². The van der Waals surface area contributed by atoms with E-state index in [1.165, 1.54) is 17.7 Å². The van der Waals surface area contributed by atoms with Gasteiger partial charge in [-0.25, -0.2) is 0 Å². The lowest BCUT2D eigenvalue weighted by Gasteiger charge is -2.41. The zero-order chi connectivity index (χ0) is 14.9. The normalized spacial score (nSPS) is 16.4. The summed E-state index contributed by atoms with van der Waals surface area (Å²) in [4.78, 5) is 17.2. The first-order valence-electron chi connectivity index (χ1n) is 8.04. The number of para-hydroxylation sites is 1. The largest absolute Gasteiger partial charge is 0.368 e. The molecule has 0 saturated heterocycles. The highest BCUT2D eigenvalue weighted by molar-refractivity contribution is 5.99. The molecule has 0 aliphatic carbocycles. The van der Waals surface area contributed by atoms with Crippen molar-refractivity contribution in [2.24, 2.45) is 0 Å². The van der Waals surface area contributed by atoms with E-state index >= 15 is 0 Å². The SMILES string of the molecule is O=C(Cc1ccccc1)N1CCN2CCCc3cccc1c32. The second kappa shape index (κ2) is 5.48. The first-order chi connectivity index (χ1) is 10.8. The van der Waals surface area contributed by atoms with Gasteiger partial charge in [-0.05, 0) is 30.0 Å². The molecule has 112 valence electrons. The molecule has 4 rings (SSSR count). The first-order valence-corrected chi connectivity index (χ1v) is 8.04. The second-order valence-corrected chi connectivity index (χ2v) is 6.08. The molecule has 3 heteroatoms. The van der Waals surface area contributed by atoms with Crippen LogP contribution in [0.1, 0.15) is 17.5 Å². The maximum absolute atomic E-state index is 12.8. The Bertz CT molecular complexity index is 696. The fourth-order valence-electron chi connectivity index (χ4n) is 3.62. The zero-order valence-corrected chi connectivity index (χ0v) is 12.7. The van der Waals surface area contributed by atoms with Crippen LogP contribution in [0.2, 0.25) is 0 Å². The van der Waals surface area contributed by atoms with Crippen LogP contribution in [0.15, 0.2) is 48.5 Å². The number of hydrogen-bond acceptors (Lipinski definition) is 2. The van der Waals surface area contributed by atoms with Gasteiger partial charge < -0.3 is 9.80 Å². The number of aryl methyl sites for hydroxylation is 1. The van der Waals surface area contributed by atoms with Crippen LogP contribution in [0.4, 0.5) is 11.4 Å². The molecule has 3 nitrogen and oxygen atoms in total. The van der Waals surface area contributed by atoms with Gasteiger partial charge in [-0.2, -0.15) is 0 Å². The van der Waals surface area contributed by atoms with Crippen molar-refractivity contribution in [3.8, 4) is 0 Å². The Kier molecular flexibility index (Phi) is 3.34. The smallest absolute Gasteiger partial charge is 0.231 e. The van der Waals surface area contributed by atoms with E-state index in [0.29, 0.717) is 6.42 Å². The Balaban J connectivity index is 1.65. The number of carbonyl (C=O) groups is 1. The van der Waals surface area contributed by atoms with Gasteiger partial charge in [-0.15, -0.1) is 0 Å². The molecule has 2 aliphatic rings. The minimum Gasteiger partial charge on any atom is -0.368 e. The lowest BCUT2D eigenvalue weighted by Crippen LogP contribution is -2.46. The molecule has 2 aromatic rings. The van der Waals surface area contributed by atoms with Gasteiger partial charge in [0.05, 0.1) is 17.8 Å². The highest BCUT2D eigenvalue weighted by Gasteiger charge is 2.30. The molecule has 1 amide bonds. The standard InChI is InChI=1S/C19H20N2O/c22-18(14-15-6-2-1-3-7-15)21-13-12-20-11-5-9-16-8-4-10-17(21)19(16)20/h1-4,6-8,10H,5,9,11-14H2. The van der Waals surface area contributed by atoms with Gasteiger partial charge in [0.25, 0.3) is 0 Å². The van der Waals surface area contributed by atoms with Crippen molar-refractivity contribution >= 4 is 17.3 Å². The van der Waals surface area contributed by atoms with Crippen molar-refractivity contribution in [1.82, 2.24) is 0 Å². The van der Waals surface area contributed by atoms with Gasteiger partial charge in [-0.3, -0.25) is 4.79 Å². The topological polar surface area (TPSA) is 23.6 Å². The summed E-state index contributed by atoms with van der Waals surface area (Å²) in [7, 11) is 0. The quantitative estimate of drug-likeness (QED) is 0.849. The van der Waals surface area contributed by atoms with Crippen LogP contribution in [-0.2, 0) is 17.6 Å². The van der Waals surface area contributed by atoms with Crippen molar-refractivity contribution in [3.05, 3.63) is 59.7 Å². The van der Waals surface area contributed by atoms with E-state index in [-0.39, 0.29) is 5.91 Å². The number of carbonyl (C=O) groups excluding carboxylic acids is 1. The molecule has 0 fully saturated rings. The summed E-state index contributed by atoms with van der Waals surface area (Å²) >= 11 is 0. The average Bonchev–Trinajstić information content (AvgIpc) is 2.56. The summed E-state index contributed by atoms with van der Waals surface area (Å²) in [5, 5.41) is 0. The van der Waals surface area contributed by atoms with Crippen LogP contribution in [0.25, 0.3) is 0 Å². The predicted molar refractivity (Wildman–Crippen MR) is 89.5 cm³/mol. The Morgan fingerprint density at radius 2 is 1.82 bits per heavy atom. The summed E-state index contributed by atoms with van der Waals surface area (Å²) < 4.78 is 0. The molecule has 2 aliphatic heterocycles. The molecule has 0 unspecified atom stereocenters. The van der Waals surface area contributed by atoms with E-state index in [2.05, 4.69) is 23.1 Å². The van der Waals surface area contributed by atoms with Crippen LogP contribution < -0.4 is 9.80 Å². The van der Waals surface area contributed by atoms with Gasteiger partial charge >= 0.3 is 0 Å². The average molecular weight is 292 g/mol. The third-order valence-corrected chi connectivity index (χ3v) is 4.67. The summed E-state index contributed by atoms with van der Waals surface area (Å²) in [6.45, 7) is 2.86.